The quantitative estimate of drug-likeness (QED) is 0.525. The minimum absolute atomic E-state index is 0.209. The number of nitrogens with zero attached hydrogens (tertiary/aromatic N) is 3. The Bertz CT molecular complexity index is 958. The summed E-state index contributed by atoms with van der Waals surface area (Å²) in [5, 5.41) is 4.03. The standard InChI is InChI=1S/C20H17N3O3/c1-24-17-8-10-18(11-9-17)25-14-19-21-20(22-26-19)15-4-6-16(7-5-15)23-12-2-3-13-23/h2-13H,14H2,1H3. The Kier molecular flexibility index (Phi) is 4.38. The average molecular weight is 347 g/mol. The molecular formula is C20H17N3O3. The lowest BCUT2D eigenvalue weighted by atomic mass is 10.2. The summed E-state index contributed by atoms with van der Waals surface area (Å²) in [6.07, 6.45) is 4.00. The number of ether oxygens (including phenoxy) is 2. The largest absolute Gasteiger partial charge is 0.497 e. The highest BCUT2D eigenvalue weighted by atomic mass is 16.5. The second kappa shape index (κ2) is 7.14. The van der Waals surface area contributed by atoms with Crippen molar-refractivity contribution in [3.05, 3.63) is 78.9 Å². The first-order valence-electron chi connectivity index (χ1n) is 8.15. The molecule has 0 saturated heterocycles. The van der Waals surface area contributed by atoms with Crippen LogP contribution in [0.25, 0.3) is 17.1 Å². The van der Waals surface area contributed by atoms with E-state index in [1.807, 2.05) is 77.6 Å². The van der Waals surface area contributed by atoms with Gasteiger partial charge in [-0.2, -0.15) is 4.98 Å². The summed E-state index contributed by atoms with van der Waals surface area (Å²) in [6.45, 7) is 0.209. The number of aromatic nitrogens is 3. The number of hydrogen-bond donors (Lipinski definition) is 0. The third-order valence-electron chi connectivity index (χ3n) is 3.92. The Labute approximate surface area is 150 Å². The number of hydrogen-bond acceptors (Lipinski definition) is 5. The molecule has 0 atom stereocenters. The van der Waals surface area contributed by atoms with Gasteiger partial charge >= 0.3 is 0 Å². The molecule has 0 amide bonds. The van der Waals surface area contributed by atoms with Crippen molar-refractivity contribution >= 4 is 0 Å². The highest BCUT2D eigenvalue weighted by molar-refractivity contribution is 5.56. The zero-order chi connectivity index (χ0) is 17.8. The van der Waals surface area contributed by atoms with Crippen LogP contribution in [0.2, 0.25) is 0 Å². The highest BCUT2D eigenvalue weighted by Crippen LogP contribution is 2.20. The molecule has 0 N–H and O–H groups in total. The van der Waals surface area contributed by atoms with E-state index in [0.717, 1.165) is 17.0 Å². The highest BCUT2D eigenvalue weighted by Gasteiger charge is 2.09. The molecular weight excluding hydrogens is 330 g/mol. The average Bonchev–Trinajstić information content (AvgIpc) is 3.39. The number of rotatable bonds is 6. The monoisotopic (exact) mass is 347 g/mol. The van der Waals surface area contributed by atoms with E-state index < -0.39 is 0 Å². The maximum atomic E-state index is 5.65. The molecule has 0 spiro atoms. The lowest BCUT2D eigenvalue weighted by Crippen LogP contribution is -1.96. The lowest BCUT2D eigenvalue weighted by Gasteiger charge is -2.04. The van der Waals surface area contributed by atoms with Crippen LogP contribution in [0.15, 0.2) is 77.6 Å². The van der Waals surface area contributed by atoms with Crippen molar-refractivity contribution in [2.45, 2.75) is 6.61 Å². The van der Waals surface area contributed by atoms with Gasteiger partial charge < -0.3 is 18.6 Å². The molecule has 0 aliphatic carbocycles. The second-order valence-electron chi connectivity index (χ2n) is 5.61. The van der Waals surface area contributed by atoms with Crippen LogP contribution in [0.3, 0.4) is 0 Å². The van der Waals surface area contributed by atoms with Gasteiger partial charge in [0.25, 0.3) is 5.89 Å². The molecule has 0 aliphatic rings. The van der Waals surface area contributed by atoms with Crippen molar-refractivity contribution in [1.29, 1.82) is 0 Å². The zero-order valence-corrected chi connectivity index (χ0v) is 14.2. The lowest BCUT2D eigenvalue weighted by molar-refractivity contribution is 0.242. The van der Waals surface area contributed by atoms with Crippen molar-refractivity contribution in [3.63, 3.8) is 0 Å². The predicted molar refractivity (Wildman–Crippen MR) is 96.4 cm³/mol. The Morgan fingerprint density at radius 3 is 2.31 bits per heavy atom. The van der Waals surface area contributed by atoms with E-state index in [2.05, 4.69) is 10.1 Å². The molecule has 0 bridgehead atoms. The molecule has 0 unspecified atom stereocenters. The summed E-state index contributed by atoms with van der Waals surface area (Å²) in [5.74, 6) is 2.45. The van der Waals surface area contributed by atoms with Crippen LogP contribution >= 0.6 is 0 Å². The predicted octanol–water partition coefficient (Wildman–Crippen LogP) is 4.11. The van der Waals surface area contributed by atoms with Gasteiger partial charge in [-0.05, 0) is 60.7 Å². The fraction of sp³-hybridized carbons (Fsp3) is 0.100. The summed E-state index contributed by atoms with van der Waals surface area (Å²) >= 11 is 0. The molecule has 130 valence electrons. The van der Waals surface area contributed by atoms with Gasteiger partial charge in [0.1, 0.15) is 11.5 Å². The van der Waals surface area contributed by atoms with Crippen LogP contribution in [0.5, 0.6) is 11.5 Å². The molecule has 2 heterocycles. The Morgan fingerprint density at radius 2 is 1.62 bits per heavy atom. The molecule has 6 heteroatoms. The van der Waals surface area contributed by atoms with Gasteiger partial charge in [0.05, 0.1) is 7.11 Å². The van der Waals surface area contributed by atoms with Gasteiger partial charge in [-0.1, -0.05) is 5.16 Å². The molecule has 4 rings (SSSR count). The second-order valence-corrected chi connectivity index (χ2v) is 5.61. The van der Waals surface area contributed by atoms with Gasteiger partial charge in [-0.15, -0.1) is 0 Å². The van der Waals surface area contributed by atoms with Crippen LogP contribution in [0.1, 0.15) is 5.89 Å². The van der Waals surface area contributed by atoms with Crippen molar-refractivity contribution in [3.8, 4) is 28.6 Å². The third kappa shape index (κ3) is 3.44. The first kappa shape index (κ1) is 16.0. The number of benzene rings is 2. The van der Waals surface area contributed by atoms with Gasteiger partial charge in [0.2, 0.25) is 5.82 Å². The topological polar surface area (TPSA) is 62.3 Å². The maximum absolute atomic E-state index is 5.65. The minimum Gasteiger partial charge on any atom is -0.497 e. The van der Waals surface area contributed by atoms with Crippen LogP contribution in [-0.4, -0.2) is 21.8 Å². The summed E-state index contributed by atoms with van der Waals surface area (Å²) in [4.78, 5) is 4.39. The summed E-state index contributed by atoms with van der Waals surface area (Å²) in [6, 6.07) is 19.3. The first-order valence-corrected chi connectivity index (χ1v) is 8.15. The van der Waals surface area contributed by atoms with Gasteiger partial charge in [0.15, 0.2) is 6.61 Å². The fourth-order valence-corrected chi connectivity index (χ4v) is 2.54. The molecule has 0 aliphatic heterocycles. The fourth-order valence-electron chi connectivity index (χ4n) is 2.54. The molecule has 0 saturated carbocycles. The van der Waals surface area contributed by atoms with E-state index >= 15 is 0 Å². The van der Waals surface area contributed by atoms with Crippen molar-refractivity contribution in [2.24, 2.45) is 0 Å². The van der Waals surface area contributed by atoms with Crippen molar-refractivity contribution < 1.29 is 14.0 Å². The Balaban J connectivity index is 1.42. The first-order chi connectivity index (χ1) is 12.8. The van der Waals surface area contributed by atoms with E-state index in [1.165, 1.54) is 0 Å². The minimum atomic E-state index is 0.209. The molecule has 2 aromatic heterocycles. The maximum Gasteiger partial charge on any atom is 0.264 e. The van der Waals surface area contributed by atoms with Gasteiger partial charge in [-0.25, -0.2) is 0 Å². The molecule has 0 fully saturated rings. The smallest absolute Gasteiger partial charge is 0.264 e. The third-order valence-corrected chi connectivity index (χ3v) is 3.92. The van der Waals surface area contributed by atoms with Crippen molar-refractivity contribution in [1.82, 2.24) is 14.7 Å². The molecule has 6 nitrogen and oxygen atoms in total. The van der Waals surface area contributed by atoms with E-state index in [4.69, 9.17) is 14.0 Å². The number of methoxy groups -OCH3 is 1. The van der Waals surface area contributed by atoms with Gasteiger partial charge in [-0.3, -0.25) is 0 Å². The summed E-state index contributed by atoms with van der Waals surface area (Å²) in [7, 11) is 1.63. The molecule has 0 radical (unpaired) electrons. The van der Waals surface area contributed by atoms with E-state index in [1.54, 1.807) is 7.11 Å². The Morgan fingerprint density at radius 1 is 0.923 bits per heavy atom. The van der Waals surface area contributed by atoms with E-state index in [9.17, 15) is 0 Å². The van der Waals surface area contributed by atoms with Crippen LogP contribution < -0.4 is 9.47 Å². The molecule has 26 heavy (non-hydrogen) atoms. The van der Waals surface area contributed by atoms with E-state index in [-0.39, 0.29) is 6.61 Å². The molecule has 2 aromatic carbocycles. The van der Waals surface area contributed by atoms with Crippen LogP contribution in [-0.2, 0) is 6.61 Å². The van der Waals surface area contributed by atoms with Crippen molar-refractivity contribution in [2.75, 3.05) is 7.11 Å². The van der Waals surface area contributed by atoms with Gasteiger partial charge in [0, 0.05) is 23.6 Å². The SMILES string of the molecule is COc1ccc(OCc2nc(-c3ccc(-n4cccc4)cc3)no2)cc1. The van der Waals surface area contributed by atoms with Crippen LogP contribution in [0, 0.1) is 0 Å². The summed E-state index contributed by atoms with van der Waals surface area (Å²) < 4.78 is 18.1. The normalized spacial score (nSPS) is 10.7. The van der Waals surface area contributed by atoms with E-state index in [0.29, 0.717) is 17.5 Å². The molecule has 4 aromatic rings. The Hall–Kier alpha value is -3.54. The zero-order valence-electron chi connectivity index (χ0n) is 14.2. The summed E-state index contributed by atoms with van der Waals surface area (Å²) in [5.41, 5.74) is 1.96. The van der Waals surface area contributed by atoms with Crippen LogP contribution in [0.4, 0.5) is 0 Å².